The van der Waals surface area contributed by atoms with Crippen molar-refractivity contribution in [3.8, 4) is 0 Å². The molecule has 1 aliphatic heterocycles. The van der Waals surface area contributed by atoms with Crippen LogP contribution in [0.25, 0.3) is 0 Å². The Morgan fingerprint density at radius 3 is 2.41 bits per heavy atom. The second-order valence-electron chi connectivity index (χ2n) is 9.72. The van der Waals surface area contributed by atoms with E-state index in [2.05, 4.69) is 10.6 Å². The van der Waals surface area contributed by atoms with Crippen LogP contribution in [0.3, 0.4) is 0 Å². The Bertz CT molecular complexity index is 653. The number of likely N-dealkylation sites (N-methyl/N-ethyl adjacent to an activating group) is 1. The fraction of sp³-hybridized carbons (Fsp3) is 0.773. The standard InChI is InChI=1S/C22H37N3O4/c1-14(21(28)29)10-11-25(5)20(27)18(22(2,3)4)24-19(26)17-12-15-8-6-7-9-16(15)13-23-17/h10,15-18,23H,6-9,11-13H2,1-5H3,(H,24,26)(H,28,29)/b14-10+. The Morgan fingerprint density at radius 1 is 1.21 bits per heavy atom. The van der Waals surface area contributed by atoms with Crippen molar-refractivity contribution in [2.75, 3.05) is 20.1 Å². The van der Waals surface area contributed by atoms with Gasteiger partial charge in [0, 0.05) is 19.2 Å². The summed E-state index contributed by atoms with van der Waals surface area (Å²) in [6.07, 6.45) is 7.29. The predicted octanol–water partition coefficient (Wildman–Crippen LogP) is 2.17. The minimum Gasteiger partial charge on any atom is -0.478 e. The van der Waals surface area contributed by atoms with Crippen LogP contribution in [-0.4, -0.2) is 60.0 Å². The van der Waals surface area contributed by atoms with Crippen LogP contribution in [-0.2, 0) is 14.4 Å². The number of nitrogens with zero attached hydrogens (tertiary/aromatic N) is 1. The minimum atomic E-state index is -1.00. The van der Waals surface area contributed by atoms with Crippen LogP contribution in [0.1, 0.15) is 59.8 Å². The highest BCUT2D eigenvalue weighted by atomic mass is 16.4. The zero-order chi connectivity index (χ0) is 21.8. The van der Waals surface area contributed by atoms with E-state index in [1.807, 2.05) is 20.8 Å². The van der Waals surface area contributed by atoms with Gasteiger partial charge in [-0.05, 0) is 43.6 Å². The number of nitrogens with one attached hydrogen (secondary N) is 2. The highest BCUT2D eigenvalue weighted by Crippen LogP contribution is 2.35. The monoisotopic (exact) mass is 407 g/mol. The van der Waals surface area contributed by atoms with Crippen molar-refractivity contribution in [1.29, 1.82) is 0 Å². The molecule has 0 aromatic carbocycles. The van der Waals surface area contributed by atoms with Crippen LogP contribution in [0.4, 0.5) is 0 Å². The molecule has 0 spiro atoms. The molecule has 7 heteroatoms. The zero-order valence-electron chi connectivity index (χ0n) is 18.5. The van der Waals surface area contributed by atoms with E-state index >= 15 is 0 Å². The highest BCUT2D eigenvalue weighted by molar-refractivity contribution is 5.90. The van der Waals surface area contributed by atoms with Gasteiger partial charge in [-0.1, -0.05) is 46.1 Å². The van der Waals surface area contributed by atoms with E-state index in [4.69, 9.17) is 5.11 Å². The van der Waals surface area contributed by atoms with Gasteiger partial charge in [-0.2, -0.15) is 0 Å². The molecule has 0 aromatic heterocycles. The van der Waals surface area contributed by atoms with Gasteiger partial charge < -0.3 is 20.6 Å². The molecule has 2 aliphatic rings. The number of piperidine rings is 1. The molecule has 2 fully saturated rings. The molecule has 1 heterocycles. The Kier molecular flexibility index (Phi) is 7.86. The first kappa shape index (κ1) is 23.4. The zero-order valence-corrected chi connectivity index (χ0v) is 18.5. The third-order valence-corrected chi connectivity index (χ3v) is 6.33. The predicted molar refractivity (Wildman–Crippen MR) is 112 cm³/mol. The van der Waals surface area contributed by atoms with Crippen LogP contribution in [0.5, 0.6) is 0 Å². The first-order valence-corrected chi connectivity index (χ1v) is 10.7. The normalized spacial score (nSPS) is 26.2. The molecular weight excluding hydrogens is 370 g/mol. The van der Waals surface area contributed by atoms with Crippen molar-refractivity contribution in [2.24, 2.45) is 17.3 Å². The molecule has 0 bridgehead atoms. The van der Waals surface area contributed by atoms with Gasteiger partial charge in [0.15, 0.2) is 0 Å². The summed E-state index contributed by atoms with van der Waals surface area (Å²) in [5, 5.41) is 15.3. The number of rotatable bonds is 6. The van der Waals surface area contributed by atoms with E-state index in [0.29, 0.717) is 11.8 Å². The van der Waals surface area contributed by atoms with Crippen molar-refractivity contribution in [1.82, 2.24) is 15.5 Å². The third kappa shape index (κ3) is 6.29. The Labute approximate surface area is 174 Å². The number of amides is 2. The minimum absolute atomic E-state index is 0.118. The second-order valence-corrected chi connectivity index (χ2v) is 9.72. The first-order chi connectivity index (χ1) is 13.5. The number of fused-ring (bicyclic) bond motifs is 1. The number of aliphatic carboxylic acids is 1. The SMILES string of the molecule is C/C(=C\CN(C)C(=O)C(NC(=O)C1CC2CCCCC2CN1)C(C)(C)C)C(=O)O. The molecule has 1 saturated carbocycles. The molecule has 2 rings (SSSR count). The fourth-order valence-corrected chi connectivity index (χ4v) is 4.31. The Morgan fingerprint density at radius 2 is 1.83 bits per heavy atom. The quantitative estimate of drug-likeness (QED) is 0.586. The molecule has 0 aromatic rings. The maximum absolute atomic E-state index is 13.0. The topological polar surface area (TPSA) is 98.7 Å². The molecule has 3 N–H and O–H groups in total. The number of carbonyl (C=O) groups excluding carboxylic acids is 2. The van der Waals surface area contributed by atoms with Gasteiger partial charge in [-0.3, -0.25) is 9.59 Å². The van der Waals surface area contributed by atoms with E-state index in [0.717, 1.165) is 13.0 Å². The lowest BCUT2D eigenvalue weighted by molar-refractivity contribution is -0.139. The third-order valence-electron chi connectivity index (χ3n) is 6.33. The number of carboxylic acids is 1. The van der Waals surface area contributed by atoms with Crippen molar-refractivity contribution in [3.63, 3.8) is 0 Å². The van der Waals surface area contributed by atoms with E-state index in [1.165, 1.54) is 43.6 Å². The lowest BCUT2D eigenvalue weighted by atomic mass is 9.73. The van der Waals surface area contributed by atoms with Crippen LogP contribution >= 0.6 is 0 Å². The summed E-state index contributed by atoms with van der Waals surface area (Å²) >= 11 is 0. The number of carboxylic acid groups (broad SMARTS) is 1. The van der Waals surface area contributed by atoms with Gasteiger partial charge in [0.2, 0.25) is 11.8 Å². The Balaban J connectivity index is 2.02. The van der Waals surface area contributed by atoms with Gasteiger partial charge >= 0.3 is 5.97 Å². The van der Waals surface area contributed by atoms with Crippen LogP contribution in [0, 0.1) is 17.3 Å². The van der Waals surface area contributed by atoms with E-state index in [-0.39, 0.29) is 30.0 Å². The second kappa shape index (κ2) is 9.74. The molecule has 4 unspecified atom stereocenters. The Hall–Kier alpha value is -1.89. The average Bonchev–Trinajstić information content (AvgIpc) is 2.67. The summed E-state index contributed by atoms with van der Waals surface area (Å²) in [5.74, 6) is -0.0740. The van der Waals surface area contributed by atoms with Gasteiger partial charge in [-0.15, -0.1) is 0 Å². The van der Waals surface area contributed by atoms with E-state index in [9.17, 15) is 14.4 Å². The summed E-state index contributed by atoms with van der Waals surface area (Å²) in [6.45, 7) is 8.33. The van der Waals surface area contributed by atoms with Gasteiger partial charge in [0.05, 0.1) is 6.04 Å². The maximum Gasteiger partial charge on any atom is 0.331 e. The smallest absolute Gasteiger partial charge is 0.331 e. The molecule has 0 radical (unpaired) electrons. The summed E-state index contributed by atoms with van der Waals surface area (Å²) in [4.78, 5) is 38.4. The largest absolute Gasteiger partial charge is 0.478 e. The van der Waals surface area contributed by atoms with Crippen molar-refractivity contribution in [3.05, 3.63) is 11.6 Å². The van der Waals surface area contributed by atoms with Crippen LogP contribution < -0.4 is 10.6 Å². The first-order valence-electron chi connectivity index (χ1n) is 10.7. The van der Waals surface area contributed by atoms with Gasteiger partial charge in [0.1, 0.15) is 6.04 Å². The lowest BCUT2D eigenvalue weighted by Crippen LogP contribution is -2.59. The lowest BCUT2D eigenvalue weighted by Gasteiger charge is -2.40. The number of hydrogen-bond acceptors (Lipinski definition) is 4. The molecule has 1 saturated heterocycles. The molecule has 2 amide bonds. The average molecular weight is 408 g/mol. The highest BCUT2D eigenvalue weighted by Gasteiger charge is 2.39. The van der Waals surface area contributed by atoms with Gasteiger partial charge in [-0.25, -0.2) is 4.79 Å². The fourth-order valence-electron chi connectivity index (χ4n) is 4.31. The summed E-state index contributed by atoms with van der Waals surface area (Å²) in [7, 11) is 1.63. The maximum atomic E-state index is 13.0. The van der Waals surface area contributed by atoms with Crippen molar-refractivity contribution >= 4 is 17.8 Å². The summed E-state index contributed by atoms with van der Waals surface area (Å²) in [5.41, 5.74) is -0.274. The van der Waals surface area contributed by atoms with Crippen molar-refractivity contribution in [2.45, 2.75) is 71.9 Å². The summed E-state index contributed by atoms with van der Waals surface area (Å²) in [6, 6.07) is -0.934. The number of carbonyl (C=O) groups is 3. The van der Waals surface area contributed by atoms with Crippen LogP contribution in [0.15, 0.2) is 11.6 Å². The molecule has 29 heavy (non-hydrogen) atoms. The summed E-state index contributed by atoms with van der Waals surface area (Å²) < 4.78 is 0. The molecule has 7 nitrogen and oxygen atoms in total. The van der Waals surface area contributed by atoms with Crippen LogP contribution in [0.2, 0.25) is 0 Å². The number of hydrogen-bond donors (Lipinski definition) is 3. The molecule has 164 valence electrons. The molecular formula is C22H37N3O4. The van der Waals surface area contributed by atoms with Gasteiger partial charge in [0.25, 0.3) is 0 Å². The van der Waals surface area contributed by atoms with Crippen molar-refractivity contribution < 1.29 is 19.5 Å². The van der Waals surface area contributed by atoms with E-state index < -0.39 is 17.4 Å². The van der Waals surface area contributed by atoms with E-state index in [1.54, 1.807) is 7.05 Å². The molecule has 1 aliphatic carbocycles. The molecule has 4 atom stereocenters.